The second-order valence-electron chi connectivity index (χ2n) is 5.02. The molecule has 3 aromatic rings. The van der Waals surface area contributed by atoms with Crippen molar-refractivity contribution in [3.63, 3.8) is 0 Å². The molecule has 0 saturated carbocycles. The lowest BCUT2D eigenvalue weighted by Gasteiger charge is -2.13. The highest BCUT2D eigenvalue weighted by Gasteiger charge is 2.11. The van der Waals surface area contributed by atoms with Crippen molar-refractivity contribution in [1.29, 1.82) is 0 Å². The zero-order chi connectivity index (χ0) is 16.2. The molecule has 0 saturated heterocycles. The van der Waals surface area contributed by atoms with Gasteiger partial charge in [0.25, 0.3) is 11.5 Å². The predicted octanol–water partition coefficient (Wildman–Crippen LogP) is 0.644. The van der Waals surface area contributed by atoms with Crippen LogP contribution in [0.5, 0.6) is 0 Å². The molecule has 1 amide bonds. The van der Waals surface area contributed by atoms with Gasteiger partial charge in [-0.05, 0) is 24.3 Å². The van der Waals surface area contributed by atoms with Crippen molar-refractivity contribution in [3.8, 4) is 0 Å². The number of carbonyl (C=O) groups is 1. The number of nitrogens with zero attached hydrogens (tertiary/aromatic N) is 3. The number of amides is 1. The van der Waals surface area contributed by atoms with Crippen molar-refractivity contribution in [2.45, 2.75) is 12.6 Å². The molecule has 1 atom stereocenters. The molecule has 3 rings (SSSR count). The molecule has 2 heterocycles. The first-order valence-corrected chi connectivity index (χ1v) is 7.70. The Kier molecular flexibility index (Phi) is 4.45. The summed E-state index contributed by atoms with van der Waals surface area (Å²) in [6.45, 7) is 0.169. The molecule has 2 aromatic heterocycles. The van der Waals surface area contributed by atoms with E-state index in [9.17, 15) is 14.7 Å². The molecule has 2 N–H and O–H groups in total. The average Bonchev–Trinajstić information content (AvgIpc) is 3.02. The molecule has 23 heavy (non-hydrogen) atoms. The highest BCUT2D eigenvalue weighted by molar-refractivity contribution is 7.00. The van der Waals surface area contributed by atoms with Crippen LogP contribution in [0.2, 0.25) is 0 Å². The first-order chi connectivity index (χ1) is 11.1. The number of nitrogens with one attached hydrogen (secondary N) is 1. The number of hydrogen-bond donors (Lipinski definition) is 2. The number of pyridine rings is 1. The summed E-state index contributed by atoms with van der Waals surface area (Å²) in [7, 11) is 0. The fourth-order valence-electron chi connectivity index (χ4n) is 2.14. The summed E-state index contributed by atoms with van der Waals surface area (Å²) in [4.78, 5) is 23.7. The maximum absolute atomic E-state index is 12.1. The van der Waals surface area contributed by atoms with Crippen molar-refractivity contribution >= 4 is 28.7 Å². The molecule has 118 valence electrons. The molecule has 0 aliphatic heterocycles. The molecular formula is C15H14N4O3S. The van der Waals surface area contributed by atoms with Crippen molar-refractivity contribution in [2.24, 2.45) is 0 Å². The number of aromatic nitrogens is 3. The maximum atomic E-state index is 12.1. The molecule has 0 aliphatic carbocycles. The number of aliphatic hydroxyl groups is 1. The fraction of sp³-hybridized carbons (Fsp3) is 0.200. The smallest absolute Gasteiger partial charge is 0.251 e. The molecule has 0 spiro atoms. The van der Waals surface area contributed by atoms with Gasteiger partial charge in [-0.15, -0.1) is 0 Å². The number of aliphatic hydroxyl groups excluding tert-OH is 1. The van der Waals surface area contributed by atoms with Crippen LogP contribution in [-0.4, -0.2) is 37.0 Å². The van der Waals surface area contributed by atoms with Gasteiger partial charge >= 0.3 is 0 Å². The number of fused-ring (bicyclic) bond motifs is 1. The van der Waals surface area contributed by atoms with Crippen LogP contribution in [0.4, 0.5) is 0 Å². The Morgan fingerprint density at radius 2 is 2.09 bits per heavy atom. The van der Waals surface area contributed by atoms with Crippen LogP contribution in [0, 0.1) is 0 Å². The second kappa shape index (κ2) is 6.67. The van der Waals surface area contributed by atoms with Gasteiger partial charge in [-0.1, -0.05) is 6.07 Å². The van der Waals surface area contributed by atoms with Gasteiger partial charge in [0.15, 0.2) is 0 Å². The third-order valence-electron chi connectivity index (χ3n) is 3.32. The SMILES string of the molecule is O=C(NC[C@@H](O)Cn1ccccc1=O)c1ccc2nsnc2c1. The normalized spacial score (nSPS) is 12.2. The fourth-order valence-corrected chi connectivity index (χ4v) is 2.66. The van der Waals surface area contributed by atoms with E-state index in [-0.39, 0.29) is 24.6 Å². The van der Waals surface area contributed by atoms with Gasteiger partial charge in [0, 0.05) is 24.4 Å². The standard InChI is InChI=1S/C15H14N4O3S/c20-11(9-19-6-2-1-3-14(19)21)8-16-15(22)10-4-5-12-13(7-10)18-23-17-12/h1-7,11,20H,8-9H2,(H,16,22)/t11-/m1/s1. The van der Waals surface area contributed by atoms with Crippen LogP contribution >= 0.6 is 11.7 Å². The lowest BCUT2D eigenvalue weighted by atomic mass is 10.2. The van der Waals surface area contributed by atoms with E-state index in [4.69, 9.17) is 0 Å². The van der Waals surface area contributed by atoms with Gasteiger partial charge in [-0.2, -0.15) is 8.75 Å². The Hall–Kier alpha value is -2.58. The second-order valence-corrected chi connectivity index (χ2v) is 5.55. The minimum atomic E-state index is -0.858. The summed E-state index contributed by atoms with van der Waals surface area (Å²) in [5.74, 6) is -0.306. The zero-order valence-electron chi connectivity index (χ0n) is 12.0. The molecule has 8 heteroatoms. The van der Waals surface area contributed by atoms with Crippen LogP contribution < -0.4 is 10.9 Å². The summed E-state index contributed by atoms with van der Waals surface area (Å²) >= 11 is 1.09. The van der Waals surface area contributed by atoms with Crippen LogP contribution in [0.15, 0.2) is 47.4 Å². The summed E-state index contributed by atoms with van der Waals surface area (Å²) in [6.07, 6.45) is 0.736. The quantitative estimate of drug-likeness (QED) is 0.716. The third kappa shape index (κ3) is 3.61. The van der Waals surface area contributed by atoms with Crippen LogP contribution in [0.25, 0.3) is 11.0 Å². The van der Waals surface area contributed by atoms with Crippen LogP contribution in [0.1, 0.15) is 10.4 Å². The van der Waals surface area contributed by atoms with E-state index in [2.05, 4.69) is 14.1 Å². The van der Waals surface area contributed by atoms with Gasteiger partial charge < -0.3 is 15.0 Å². The number of rotatable bonds is 5. The summed E-state index contributed by atoms with van der Waals surface area (Å²) < 4.78 is 9.55. The molecule has 0 fully saturated rings. The largest absolute Gasteiger partial charge is 0.389 e. The average molecular weight is 330 g/mol. The van der Waals surface area contributed by atoms with E-state index >= 15 is 0 Å². The molecular weight excluding hydrogens is 316 g/mol. The number of benzene rings is 1. The first kappa shape index (κ1) is 15.3. The van der Waals surface area contributed by atoms with Crippen molar-refractivity contribution in [3.05, 3.63) is 58.5 Å². The topological polar surface area (TPSA) is 97.1 Å². The lowest BCUT2D eigenvalue weighted by molar-refractivity contribution is 0.0903. The van der Waals surface area contributed by atoms with E-state index in [1.165, 1.54) is 10.6 Å². The lowest BCUT2D eigenvalue weighted by Crippen LogP contribution is -2.36. The van der Waals surface area contributed by atoms with Crippen molar-refractivity contribution in [1.82, 2.24) is 18.6 Å². The Balaban J connectivity index is 1.59. The molecule has 0 unspecified atom stereocenters. The van der Waals surface area contributed by atoms with E-state index in [1.54, 1.807) is 36.5 Å². The van der Waals surface area contributed by atoms with Gasteiger partial charge in [0.2, 0.25) is 0 Å². The van der Waals surface area contributed by atoms with Gasteiger partial charge in [0.05, 0.1) is 24.4 Å². The highest BCUT2D eigenvalue weighted by Crippen LogP contribution is 2.13. The highest BCUT2D eigenvalue weighted by atomic mass is 32.1. The molecule has 0 aliphatic rings. The molecule has 0 bridgehead atoms. The maximum Gasteiger partial charge on any atom is 0.251 e. The summed E-state index contributed by atoms with van der Waals surface area (Å²) in [6, 6.07) is 9.81. The number of hydrogen-bond acceptors (Lipinski definition) is 6. The Morgan fingerprint density at radius 1 is 1.26 bits per heavy atom. The van der Waals surface area contributed by atoms with Crippen LogP contribution in [-0.2, 0) is 6.54 Å². The monoisotopic (exact) mass is 330 g/mol. The van der Waals surface area contributed by atoms with E-state index < -0.39 is 6.10 Å². The third-order valence-corrected chi connectivity index (χ3v) is 3.88. The van der Waals surface area contributed by atoms with Gasteiger partial charge in [0.1, 0.15) is 11.0 Å². The van der Waals surface area contributed by atoms with Gasteiger partial charge in [-0.3, -0.25) is 9.59 Å². The minimum absolute atomic E-state index is 0.0491. The van der Waals surface area contributed by atoms with Crippen molar-refractivity contribution < 1.29 is 9.90 Å². The zero-order valence-corrected chi connectivity index (χ0v) is 12.9. The van der Waals surface area contributed by atoms with Crippen LogP contribution in [0.3, 0.4) is 0 Å². The molecule has 1 aromatic carbocycles. The molecule has 0 radical (unpaired) electrons. The van der Waals surface area contributed by atoms with E-state index in [0.717, 1.165) is 17.2 Å². The number of carbonyl (C=O) groups excluding carboxylic acids is 1. The predicted molar refractivity (Wildman–Crippen MR) is 86.5 cm³/mol. The molecule has 7 nitrogen and oxygen atoms in total. The van der Waals surface area contributed by atoms with E-state index in [1.807, 2.05) is 0 Å². The van der Waals surface area contributed by atoms with Crippen molar-refractivity contribution in [2.75, 3.05) is 6.54 Å². The Bertz CT molecular complexity index is 889. The van der Waals surface area contributed by atoms with Gasteiger partial charge in [-0.25, -0.2) is 0 Å². The minimum Gasteiger partial charge on any atom is -0.389 e. The Morgan fingerprint density at radius 3 is 2.91 bits per heavy atom. The van der Waals surface area contributed by atoms with E-state index in [0.29, 0.717) is 11.1 Å². The summed E-state index contributed by atoms with van der Waals surface area (Å²) in [5, 5.41) is 12.6. The first-order valence-electron chi connectivity index (χ1n) is 6.97. The Labute approximate surface area is 135 Å². The summed E-state index contributed by atoms with van der Waals surface area (Å²) in [5.41, 5.74) is 1.67.